The largest absolute Gasteiger partial charge is 0.478 e. The van der Waals surface area contributed by atoms with Gasteiger partial charge in [0.05, 0.1) is 22.2 Å². The van der Waals surface area contributed by atoms with E-state index >= 15 is 0 Å². The summed E-state index contributed by atoms with van der Waals surface area (Å²) in [7, 11) is 0. The molecule has 2 N–H and O–H groups in total. The van der Waals surface area contributed by atoms with E-state index in [1.807, 2.05) is 0 Å². The minimum atomic E-state index is -1.38. The number of carboxylic acids is 1. The first-order valence-corrected chi connectivity index (χ1v) is 6.63. The average Bonchev–Trinajstić information content (AvgIpc) is 2.82. The molecule has 0 atom stereocenters. The van der Waals surface area contributed by atoms with Crippen LogP contribution in [0.4, 0.5) is 8.78 Å². The van der Waals surface area contributed by atoms with Crippen LogP contribution in [0.3, 0.4) is 0 Å². The van der Waals surface area contributed by atoms with Crippen LogP contribution in [0.15, 0.2) is 34.8 Å². The Morgan fingerprint density at radius 2 is 1.95 bits per heavy atom. The van der Waals surface area contributed by atoms with Crippen molar-refractivity contribution in [2.24, 2.45) is 0 Å². The third-order valence-corrected chi connectivity index (χ3v) is 3.48. The highest BCUT2D eigenvalue weighted by atomic mass is 79.9. The fourth-order valence-electron chi connectivity index (χ4n) is 2.00. The number of aromatic carboxylic acids is 1. The van der Waals surface area contributed by atoms with E-state index < -0.39 is 23.2 Å². The van der Waals surface area contributed by atoms with Crippen LogP contribution in [0.25, 0.3) is 22.4 Å². The number of hydrogen-bond donors (Lipinski definition) is 2. The molecule has 2 aromatic carbocycles. The number of benzene rings is 2. The van der Waals surface area contributed by atoms with Crippen molar-refractivity contribution < 1.29 is 18.7 Å². The number of rotatable bonds is 2. The van der Waals surface area contributed by atoms with E-state index in [9.17, 15) is 13.6 Å². The molecule has 0 fully saturated rings. The van der Waals surface area contributed by atoms with E-state index in [2.05, 4.69) is 25.9 Å². The monoisotopic (exact) mass is 352 g/mol. The van der Waals surface area contributed by atoms with Crippen LogP contribution in [0.2, 0.25) is 0 Å². The molecule has 0 bridgehead atoms. The Morgan fingerprint density at radius 3 is 2.67 bits per heavy atom. The molecule has 0 saturated carbocycles. The van der Waals surface area contributed by atoms with Crippen LogP contribution in [-0.2, 0) is 0 Å². The molecule has 0 amide bonds. The van der Waals surface area contributed by atoms with Gasteiger partial charge in [0.15, 0.2) is 0 Å². The van der Waals surface area contributed by atoms with E-state index in [4.69, 9.17) is 5.11 Å². The number of fused-ring (bicyclic) bond motifs is 1. The van der Waals surface area contributed by atoms with Crippen molar-refractivity contribution in [2.75, 3.05) is 0 Å². The van der Waals surface area contributed by atoms with Gasteiger partial charge in [0.2, 0.25) is 0 Å². The number of halogens is 3. The van der Waals surface area contributed by atoms with Crippen LogP contribution in [0, 0.1) is 11.6 Å². The number of nitrogens with zero attached hydrogens (tertiary/aromatic N) is 1. The standard InChI is InChI=1S/C14H7BrF2N2O2/c15-6-1-2-9(16)7(3-6)13-18-11-4-8(14(20)21)10(17)5-12(11)19-13/h1-5H,(H,18,19)(H,20,21). The fraction of sp³-hybridized carbons (Fsp3) is 0. The average molecular weight is 353 g/mol. The van der Waals surface area contributed by atoms with Gasteiger partial charge >= 0.3 is 5.97 Å². The van der Waals surface area contributed by atoms with Gasteiger partial charge in [0.1, 0.15) is 17.5 Å². The van der Waals surface area contributed by atoms with E-state index in [1.165, 1.54) is 12.1 Å². The van der Waals surface area contributed by atoms with Crippen molar-refractivity contribution in [1.29, 1.82) is 0 Å². The number of nitrogens with one attached hydrogen (secondary N) is 1. The zero-order chi connectivity index (χ0) is 15.1. The first kappa shape index (κ1) is 13.7. The van der Waals surface area contributed by atoms with E-state index in [0.717, 1.165) is 12.1 Å². The maximum absolute atomic E-state index is 13.8. The van der Waals surface area contributed by atoms with Crippen LogP contribution < -0.4 is 0 Å². The summed E-state index contributed by atoms with van der Waals surface area (Å²) in [4.78, 5) is 17.8. The first-order valence-electron chi connectivity index (χ1n) is 5.83. The topological polar surface area (TPSA) is 66.0 Å². The lowest BCUT2D eigenvalue weighted by atomic mass is 10.2. The number of hydrogen-bond acceptors (Lipinski definition) is 2. The summed E-state index contributed by atoms with van der Waals surface area (Å²) in [5.74, 6) is -2.55. The third-order valence-electron chi connectivity index (χ3n) is 2.98. The fourth-order valence-corrected chi connectivity index (χ4v) is 2.36. The Hall–Kier alpha value is -2.28. The molecule has 0 aliphatic rings. The van der Waals surface area contributed by atoms with E-state index in [1.54, 1.807) is 6.07 Å². The molecule has 0 radical (unpaired) electrons. The molecule has 7 heteroatoms. The van der Waals surface area contributed by atoms with Crippen LogP contribution >= 0.6 is 15.9 Å². The highest BCUT2D eigenvalue weighted by Gasteiger charge is 2.16. The van der Waals surface area contributed by atoms with Gasteiger partial charge in [-0.2, -0.15) is 0 Å². The molecule has 21 heavy (non-hydrogen) atoms. The van der Waals surface area contributed by atoms with Gasteiger partial charge < -0.3 is 10.1 Å². The van der Waals surface area contributed by atoms with Gasteiger partial charge in [0, 0.05) is 10.5 Å². The van der Waals surface area contributed by atoms with Gasteiger partial charge in [-0.3, -0.25) is 0 Å². The molecule has 1 heterocycles. The van der Waals surface area contributed by atoms with Crippen LogP contribution in [-0.4, -0.2) is 21.0 Å². The lowest BCUT2D eigenvalue weighted by Gasteiger charge is -1.99. The summed E-state index contributed by atoms with van der Waals surface area (Å²) in [6.07, 6.45) is 0. The number of carbonyl (C=O) groups is 1. The lowest BCUT2D eigenvalue weighted by molar-refractivity contribution is 0.0692. The van der Waals surface area contributed by atoms with Crippen molar-refractivity contribution in [3.8, 4) is 11.4 Å². The smallest absolute Gasteiger partial charge is 0.338 e. The van der Waals surface area contributed by atoms with E-state index in [0.29, 0.717) is 9.99 Å². The Labute approximate surface area is 125 Å². The van der Waals surface area contributed by atoms with Crippen molar-refractivity contribution in [3.05, 3.63) is 52.0 Å². The maximum atomic E-state index is 13.8. The summed E-state index contributed by atoms with van der Waals surface area (Å²) in [5, 5.41) is 8.89. The highest BCUT2D eigenvalue weighted by Crippen LogP contribution is 2.27. The zero-order valence-corrected chi connectivity index (χ0v) is 11.9. The molecule has 1 aromatic heterocycles. The Morgan fingerprint density at radius 1 is 1.19 bits per heavy atom. The second-order valence-corrected chi connectivity index (χ2v) is 5.28. The summed E-state index contributed by atoms with van der Waals surface area (Å²) in [5.41, 5.74) is 0.281. The van der Waals surface area contributed by atoms with Crippen LogP contribution in [0.5, 0.6) is 0 Å². The molecular weight excluding hydrogens is 346 g/mol. The molecule has 0 aliphatic heterocycles. The molecule has 106 valence electrons. The number of H-pyrrole nitrogens is 1. The Bertz CT molecular complexity index is 877. The summed E-state index contributed by atoms with van der Waals surface area (Å²) in [6.45, 7) is 0. The van der Waals surface area contributed by atoms with Gasteiger partial charge in [-0.15, -0.1) is 0 Å². The summed E-state index contributed by atoms with van der Waals surface area (Å²) < 4.78 is 28.1. The zero-order valence-electron chi connectivity index (χ0n) is 10.3. The van der Waals surface area contributed by atoms with Gasteiger partial charge in [-0.05, 0) is 24.3 Å². The Kier molecular flexibility index (Phi) is 3.21. The van der Waals surface area contributed by atoms with Crippen molar-refractivity contribution in [3.63, 3.8) is 0 Å². The number of carboxylic acid groups (broad SMARTS) is 1. The van der Waals surface area contributed by atoms with E-state index in [-0.39, 0.29) is 16.9 Å². The maximum Gasteiger partial charge on any atom is 0.338 e. The third kappa shape index (κ3) is 2.40. The molecule has 4 nitrogen and oxygen atoms in total. The number of imidazole rings is 1. The predicted octanol–water partition coefficient (Wildman–Crippen LogP) is 3.97. The summed E-state index contributed by atoms with van der Waals surface area (Å²) in [6, 6.07) is 6.50. The molecule has 0 saturated heterocycles. The van der Waals surface area contributed by atoms with Gasteiger partial charge in [-0.25, -0.2) is 18.6 Å². The van der Waals surface area contributed by atoms with Crippen LogP contribution in [0.1, 0.15) is 10.4 Å². The second-order valence-electron chi connectivity index (χ2n) is 4.36. The Balaban J connectivity index is 2.21. The highest BCUT2D eigenvalue weighted by molar-refractivity contribution is 9.10. The predicted molar refractivity (Wildman–Crippen MR) is 76.1 cm³/mol. The second kappa shape index (κ2) is 4.92. The number of aromatic nitrogens is 2. The molecular formula is C14H7BrF2N2O2. The minimum absolute atomic E-state index is 0.200. The van der Waals surface area contributed by atoms with Gasteiger partial charge in [-0.1, -0.05) is 15.9 Å². The lowest BCUT2D eigenvalue weighted by Crippen LogP contribution is -1.99. The summed E-state index contributed by atoms with van der Waals surface area (Å²) >= 11 is 3.23. The minimum Gasteiger partial charge on any atom is -0.478 e. The van der Waals surface area contributed by atoms with Crippen molar-refractivity contribution >= 4 is 32.9 Å². The molecule has 0 spiro atoms. The number of aromatic amines is 1. The SMILES string of the molecule is O=C(O)c1cc2nc(-c3cc(Br)ccc3F)[nH]c2cc1F. The molecule has 3 aromatic rings. The molecule has 0 unspecified atom stereocenters. The normalized spacial score (nSPS) is 11.0. The quantitative estimate of drug-likeness (QED) is 0.733. The molecule has 0 aliphatic carbocycles. The van der Waals surface area contributed by atoms with Crippen molar-refractivity contribution in [2.45, 2.75) is 0 Å². The van der Waals surface area contributed by atoms with Crippen molar-refractivity contribution in [1.82, 2.24) is 9.97 Å². The first-order chi connectivity index (χ1) is 9.95. The molecule has 3 rings (SSSR count). The van der Waals surface area contributed by atoms with Gasteiger partial charge in [0.25, 0.3) is 0 Å².